The van der Waals surface area contributed by atoms with E-state index in [-0.39, 0.29) is 6.04 Å². The van der Waals surface area contributed by atoms with Gasteiger partial charge in [0.05, 0.1) is 12.3 Å². The summed E-state index contributed by atoms with van der Waals surface area (Å²) in [5, 5.41) is 4.04. The molecule has 0 saturated carbocycles. The van der Waals surface area contributed by atoms with Crippen molar-refractivity contribution < 1.29 is 4.74 Å². The molecule has 2 rings (SSSR count). The number of aromatic nitrogens is 1. The lowest BCUT2D eigenvalue weighted by Crippen LogP contribution is -2.09. The van der Waals surface area contributed by atoms with Crippen LogP contribution < -0.4 is 15.8 Å². The van der Waals surface area contributed by atoms with Gasteiger partial charge in [-0.3, -0.25) is 0 Å². The van der Waals surface area contributed by atoms with Crippen LogP contribution in [0.15, 0.2) is 36.4 Å². The number of hydrogen-bond acceptors (Lipinski definition) is 4. The quantitative estimate of drug-likeness (QED) is 0.836. The van der Waals surface area contributed by atoms with Crippen molar-refractivity contribution in [3.8, 4) is 5.88 Å². The third-order valence-corrected chi connectivity index (χ3v) is 3.28. The molecule has 5 heteroatoms. The number of nitrogens with one attached hydrogen (secondary N) is 1. The van der Waals surface area contributed by atoms with Crippen LogP contribution >= 0.6 is 11.6 Å². The molecule has 4 nitrogen and oxygen atoms in total. The zero-order valence-electron chi connectivity index (χ0n) is 12.3. The molecule has 1 aromatic heterocycles. The smallest absolute Gasteiger partial charge is 0.239 e. The maximum Gasteiger partial charge on any atom is 0.239 e. The molecule has 0 bridgehead atoms. The summed E-state index contributed by atoms with van der Waals surface area (Å²) < 4.78 is 5.54. The van der Waals surface area contributed by atoms with E-state index < -0.39 is 0 Å². The van der Waals surface area contributed by atoms with E-state index in [0.717, 1.165) is 22.8 Å². The lowest BCUT2D eigenvalue weighted by molar-refractivity contribution is 0.307. The minimum Gasteiger partial charge on any atom is -0.476 e. The van der Waals surface area contributed by atoms with Crippen molar-refractivity contribution in [1.82, 2.24) is 4.98 Å². The SMILES string of the molecule is CCCOc1nc(NC(C)c2cccc(Cl)c2)ccc1N. The Bertz CT molecular complexity index is 604. The van der Waals surface area contributed by atoms with Crippen LogP contribution in [0.1, 0.15) is 31.9 Å². The molecule has 3 N–H and O–H groups in total. The second-order valence-corrected chi connectivity index (χ2v) is 5.30. The van der Waals surface area contributed by atoms with E-state index >= 15 is 0 Å². The van der Waals surface area contributed by atoms with Gasteiger partial charge in [0.15, 0.2) is 0 Å². The first-order valence-electron chi connectivity index (χ1n) is 7.01. The molecular formula is C16H20ClN3O. The molecule has 0 spiro atoms. The number of anilines is 2. The Morgan fingerprint density at radius 3 is 2.86 bits per heavy atom. The van der Waals surface area contributed by atoms with E-state index in [1.54, 1.807) is 6.07 Å². The van der Waals surface area contributed by atoms with Crippen LogP contribution in [0.25, 0.3) is 0 Å². The monoisotopic (exact) mass is 305 g/mol. The Balaban J connectivity index is 2.11. The minimum absolute atomic E-state index is 0.0823. The molecule has 112 valence electrons. The molecule has 0 aliphatic carbocycles. The zero-order chi connectivity index (χ0) is 15.2. The Labute approximate surface area is 130 Å². The van der Waals surface area contributed by atoms with E-state index in [1.807, 2.05) is 37.3 Å². The summed E-state index contributed by atoms with van der Waals surface area (Å²) >= 11 is 6.02. The van der Waals surface area contributed by atoms with Crippen molar-refractivity contribution >= 4 is 23.1 Å². The molecule has 1 heterocycles. The van der Waals surface area contributed by atoms with E-state index in [4.69, 9.17) is 22.1 Å². The molecule has 1 unspecified atom stereocenters. The lowest BCUT2D eigenvalue weighted by Gasteiger charge is -2.16. The van der Waals surface area contributed by atoms with Gasteiger partial charge < -0.3 is 15.8 Å². The summed E-state index contributed by atoms with van der Waals surface area (Å²) in [4.78, 5) is 4.41. The van der Waals surface area contributed by atoms with E-state index in [2.05, 4.69) is 17.2 Å². The third-order valence-electron chi connectivity index (χ3n) is 3.05. The first-order valence-corrected chi connectivity index (χ1v) is 7.39. The first-order chi connectivity index (χ1) is 10.1. The Hall–Kier alpha value is -1.94. The van der Waals surface area contributed by atoms with Gasteiger partial charge in [0.1, 0.15) is 5.82 Å². The third kappa shape index (κ3) is 4.26. The summed E-state index contributed by atoms with van der Waals surface area (Å²) in [5.74, 6) is 1.20. The predicted molar refractivity (Wildman–Crippen MR) is 87.9 cm³/mol. The molecule has 0 radical (unpaired) electrons. The van der Waals surface area contributed by atoms with Gasteiger partial charge in [0.25, 0.3) is 0 Å². The summed E-state index contributed by atoms with van der Waals surface area (Å²) in [7, 11) is 0. The number of benzene rings is 1. The first kappa shape index (κ1) is 15.4. The number of nitrogens with two attached hydrogens (primary N) is 1. The van der Waals surface area contributed by atoms with Crippen molar-refractivity contribution in [2.45, 2.75) is 26.3 Å². The molecule has 0 saturated heterocycles. The van der Waals surface area contributed by atoms with Crippen LogP contribution in [0.4, 0.5) is 11.5 Å². The Morgan fingerprint density at radius 1 is 1.33 bits per heavy atom. The maximum atomic E-state index is 6.02. The zero-order valence-corrected chi connectivity index (χ0v) is 13.0. The summed E-state index contributed by atoms with van der Waals surface area (Å²) in [6.45, 7) is 4.69. The Kier molecular flexibility index (Phi) is 5.28. The van der Waals surface area contributed by atoms with Crippen molar-refractivity contribution in [2.75, 3.05) is 17.7 Å². The van der Waals surface area contributed by atoms with Crippen molar-refractivity contribution in [3.05, 3.63) is 47.0 Å². The van der Waals surface area contributed by atoms with Gasteiger partial charge in [-0.25, -0.2) is 0 Å². The summed E-state index contributed by atoms with van der Waals surface area (Å²) in [6, 6.07) is 11.5. The summed E-state index contributed by atoms with van der Waals surface area (Å²) in [5.41, 5.74) is 7.50. The van der Waals surface area contributed by atoms with Crippen LogP contribution in [0.5, 0.6) is 5.88 Å². The van der Waals surface area contributed by atoms with Gasteiger partial charge in [-0.2, -0.15) is 4.98 Å². The van der Waals surface area contributed by atoms with Gasteiger partial charge in [0, 0.05) is 11.1 Å². The molecular weight excluding hydrogens is 286 g/mol. The number of hydrogen-bond donors (Lipinski definition) is 2. The molecule has 21 heavy (non-hydrogen) atoms. The average Bonchev–Trinajstić information content (AvgIpc) is 2.47. The number of pyridine rings is 1. The topological polar surface area (TPSA) is 60.2 Å². The molecule has 0 aliphatic rings. The maximum absolute atomic E-state index is 6.02. The highest BCUT2D eigenvalue weighted by molar-refractivity contribution is 6.30. The van der Waals surface area contributed by atoms with Crippen LogP contribution in [0.3, 0.4) is 0 Å². The number of halogens is 1. The van der Waals surface area contributed by atoms with Crippen molar-refractivity contribution in [1.29, 1.82) is 0 Å². The molecule has 0 fully saturated rings. The van der Waals surface area contributed by atoms with Crippen LogP contribution in [0, 0.1) is 0 Å². The number of nitrogens with zero attached hydrogens (tertiary/aromatic N) is 1. The summed E-state index contributed by atoms with van der Waals surface area (Å²) in [6.07, 6.45) is 0.914. The Morgan fingerprint density at radius 2 is 2.14 bits per heavy atom. The van der Waals surface area contributed by atoms with Gasteiger partial charge in [-0.1, -0.05) is 30.7 Å². The van der Waals surface area contributed by atoms with Crippen molar-refractivity contribution in [3.63, 3.8) is 0 Å². The number of nitrogen functional groups attached to an aromatic ring is 1. The fraction of sp³-hybridized carbons (Fsp3) is 0.312. The van der Waals surface area contributed by atoms with E-state index in [1.165, 1.54) is 0 Å². The van der Waals surface area contributed by atoms with Crippen LogP contribution in [-0.4, -0.2) is 11.6 Å². The minimum atomic E-state index is 0.0823. The highest BCUT2D eigenvalue weighted by Gasteiger charge is 2.09. The largest absolute Gasteiger partial charge is 0.476 e. The standard InChI is InChI=1S/C16H20ClN3O/c1-3-9-21-16-14(18)7-8-15(20-16)19-11(2)12-5-4-6-13(17)10-12/h4-8,10-11H,3,9,18H2,1-2H3,(H,19,20). The van der Waals surface area contributed by atoms with Crippen molar-refractivity contribution in [2.24, 2.45) is 0 Å². The van der Waals surface area contributed by atoms with Gasteiger partial charge >= 0.3 is 0 Å². The molecule has 0 amide bonds. The molecule has 0 aliphatic heterocycles. The van der Waals surface area contributed by atoms with E-state index in [0.29, 0.717) is 18.2 Å². The average molecular weight is 306 g/mol. The van der Waals surface area contributed by atoms with Gasteiger partial charge in [-0.15, -0.1) is 0 Å². The second-order valence-electron chi connectivity index (χ2n) is 4.86. The highest BCUT2D eigenvalue weighted by Crippen LogP contribution is 2.25. The van der Waals surface area contributed by atoms with Crippen LogP contribution in [0.2, 0.25) is 5.02 Å². The molecule has 2 aromatic rings. The van der Waals surface area contributed by atoms with Crippen LogP contribution in [-0.2, 0) is 0 Å². The fourth-order valence-electron chi connectivity index (χ4n) is 1.93. The van der Waals surface area contributed by atoms with E-state index in [9.17, 15) is 0 Å². The molecule has 1 aromatic carbocycles. The molecule has 1 atom stereocenters. The number of rotatable bonds is 6. The fourth-order valence-corrected chi connectivity index (χ4v) is 2.13. The lowest BCUT2D eigenvalue weighted by atomic mass is 10.1. The second kappa shape index (κ2) is 7.18. The highest BCUT2D eigenvalue weighted by atomic mass is 35.5. The predicted octanol–water partition coefficient (Wildman–Crippen LogP) is 4.28. The number of ether oxygens (including phenoxy) is 1. The van der Waals surface area contributed by atoms with Gasteiger partial charge in [0.2, 0.25) is 5.88 Å². The van der Waals surface area contributed by atoms with Gasteiger partial charge in [-0.05, 0) is 43.2 Å². The normalized spacial score (nSPS) is 12.0.